The number of pyridine rings is 1. The Morgan fingerprint density at radius 1 is 1.46 bits per heavy atom. The van der Waals surface area contributed by atoms with Gasteiger partial charge in [0.2, 0.25) is 5.88 Å². The molecule has 5 heteroatoms. The van der Waals surface area contributed by atoms with Crippen LogP contribution in [0.3, 0.4) is 0 Å². The maximum atomic E-state index is 11.1. The van der Waals surface area contributed by atoms with Crippen LogP contribution in [0.1, 0.15) is 10.5 Å². The minimum atomic E-state index is -0.463. The van der Waals surface area contributed by atoms with Gasteiger partial charge in [-0.25, -0.2) is 9.78 Å². The number of methoxy groups -OCH3 is 2. The largest absolute Gasteiger partial charge is 0.480 e. The van der Waals surface area contributed by atoms with Crippen LogP contribution in [0, 0.1) is 3.57 Å². The Bertz CT molecular complexity index is 327. The van der Waals surface area contributed by atoms with Gasteiger partial charge in [0.15, 0.2) is 5.69 Å². The second kappa shape index (κ2) is 4.40. The van der Waals surface area contributed by atoms with Gasteiger partial charge in [-0.2, -0.15) is 0 Å². The van der Waals surface area contributed by atoms with Gasteiger partial charge < -0.3 is 9.47 Å². The summed E-state index contributed by atoms with van der Waals surface area (Å²) in [5, 5.41) is 0. The summed E-state index contributed by atoms with van der Waals surface area (Å²) in [6.45, 7) is 0. The maximum Gasteiger partial charge on any atom is 0.356 e. The quantitative estimate of drug-likeness (QED) is 0.612. The van der Waals surface area contributed by atoms with Crippen LogP contribution in [0.4, 0.5) is 0 Å². The highest BCUT2D eigenvalue weighted by Gasteiger charge is 2.10. The van der Waals surface area contributed by atoms with Gasteiger partial charge in [0.1, 0.15) is 0 Å². The van der Waals surface area contributed by atoms with Crippen LogP contribution in [0.5, 0.6) is 5.88 Å². The minimum absolute atomic E-state index is 0.250. The number of halogens is 1. The lowest BCUT2D eigenvalue weighted by molar-refractivity contribution is 0.0593. The lowest BCUT2D eigenvalue weighted by atomic mass is 10.3. The number of aromatic nitrogens is 1. The van der Waals surface area contributed by atoms with Gasteiger partial charge >= 0.3 is 5.97 Å². The van der Waals surface area contributed by atoms with E-state index in [1.165, 1.54) is 14.2 Å². The number of ether oxygens (including phenoxy) is 2. The van der Waals surface area contributed by atoms with Crippen LogP contribution in [-0.2, 0) is 4.74 Å². The first kappa shape index (κ1) is 10.2. The molecule has 0 aliphatic carbocycles. The van der Waals surface area contributed by atoms with E-state index in [9.17, 15) is 4.79 Å². The highest BCUT2D eigenvalue weighted by Crippen LogP contribution is 2.17. The normalized spacial score (nSPS) is 9.46. The molecule has 0 atom stereocenters. The molecule has 0 aliphatic rings. The molecule has 4 nitrogen and oxygen atoms in total. The molecule has 1 heterocycles. The molecule has 1 aromatic rings. The third-order valence-corrected chi connectivity index (χ3v) is 2.22. The maximum absolute atomic E-state index is 11.1. The molecule has 0 fully saturated rings. The first-order chi connectivity index (χ1) is 6.19. The van der Waals surface area contributed by atoms with Gasteiger partial charge in [-0.1, -0.05) is 0 Å². The summed E-state index contributed by atoms with van der Waals surface area (Å²) in [6.07, 6.45) is 0. The molecule has 1 rings (SSSR count). The highest BCUT2D eigenvalue weighted by atomic mass is 127. The molecule has 0 spiro atoms. The monoisotopic (exact) mass is 293 g/mol. The van der Waals surface area contributed by atoms with E-state index in [2.05, 4.69) is 32.3 Å². The minimum Gasteiger partial charge on any atom is -0.480 e. The third-order valence-electron chi connectivity index (χ3n) is 1.40. The summed E-state index contributed by atoms with van der Waals surface area (Å²) in [4.78, 5) is 15.0. The molecule has 0 aliphatic heterocycles. The Hall–Kier alpha value is -0.850. The van der Waals surface area contributed by atoms with Crippen molar-refractivity contribution in [1.82, 2.24) is 4.98 Å². The molecule has 13 heavy (non-hydrogen) atoms. The molecule has 1 aromatic heterocycles. The van der Waals surface area contributed by atoms with E-state index in [0.717, 1.165) is 3.57 Å². The van der Waals surface area contributed by atoms with Crippen molar-refractivity contribution in [2.24, 2.45) is 0 Å². The smallest absolute Gasteiger partial charge is 0.356 e. The lowest BCUT2D eigenvalue weighted by Crippen LogP contribution is -2.05. The average molecular weight is 293 g/mol. The van der Waals surface area contributed by atoms with Crippen molar-refractivity contribution in [3.8, 4) is 5.88 Å². The number of nitrogens with zero attached hydrogens (tertiary/aromatic N) is 1. The van der Waals surface area contributed by atoms with Crippen molar-refractivity contribution in [2.45, 2.75) is 0 Å². The number of hydrogen-bond donors (Lipinski definition) is 0. The summed E-state index contributed by atoms with van der Waals surface area (Å²) in [5.41, 5.74) is 0.250. The summed E-state index contributed by atoms with van der Waals surface area (Å²) >= 11 is 2.07. The SMILES string of the molecule is COC(=O)c1ccc(I)c(OC)n1. The van der Waals surface area contributed by atoms with Gasteiger partial charge in [0.05, 0.1) is 17.8 Å². The Morgan fingerprint density at radius 2 is 2.15 bits per heavy atom. The molecule has 0 saturated heterocycles. The number of carbonyl (C=O) groups is 1. The predicted molar refractivity (Wildman–Crippen MR) is 54.8 cm³/mol. The standard InChI is InChI=1S/C8H8INO3/c1-12-7-5(9)3-4-6(10-7)8(11)13-2/h3-4H,1-2H3. The summed E-state index contributed by atoms with van der Waals surface area (Å²) < 4.78 is 10.3. The van der Waals surface area contributed by atoms with Crippen molar-refractivity contribution < 1.29 is 14.3 Å². The van der Waals surface area contributed by atoms with Crippen LogP contribution in [0.15, 0.2) is 12.1 Å². The molecule has 70 valence electrons. The van der Waals surface area contributed by atoms with Crippen LogP contribution < -0.4 is 4.74 Å². The third kappa shape index (κ3) is 2.30. The zero-order valence-electron chi connectivity index (χ0n) is 7.20. The molecule has 0 unspecified atom stereocenters. The Morgan fingerprint density at radius 3 is 2.69 bits per heavy atom. The van der Waals surface area contributed by atoms with E-state index in [4.69, 9.17) is 4.74 Å². The van der Waals surface area contributed by atoms with Crippen LogP contribution >= 0.6 is 22.6 Å². The van der Waals surface area contributed by atoms with Crippen molar-refractivity contribution in [2.75, 3.05) is 14.2 Å². The van der Waals surface area contributed by atoms with E-state index < -0.39 is 5.97 Å². The second-order valence-electron chi connectivity index (χ2n) is 2.18. The predicted octanol–water partition coefficient (Wildman–Crippen LogP) is 1.48. The molecular weight excluding hydrogens is 285 g/mol. The second-order valence-corrected chi connectivity index (χ2v) is 3.34. The van der Waals surface area contributed by atoms with Gasteiger partial charge in [-0.15, -0.1) is 0 Å². The fourth-order valence-corrected chi connectivity index (χ4v) is 1.31. The van der Waals surface area contributed by atoms with Crippen LogP contribution in [-0.4, -0.2) is 25.2 Å². The van der Waals surface area contributed by atoms with E-state index in [1.54, 1.807) is 12.1 Å². The van der Waals surface area contributed by atoms with Crippen LogP contribution in [0.25, 0.3) is 0 Å². The molecule has 0 aromatic carbocycles. The molecule has 0 bridgehead atoms. The van der Waals surface area contributed by atoms with E-state index in [1.807, 2.05) is 0 Å². The Kier molecular flexibility index (Phi) is 3.47. The zero-order valence-corrected chi connectivity index (χ0v) is 9.36. The number of rotatable bonds is 2. The first-order valence-electron chi connectivity index (χ1n) is 3.48. The summed E-state index contributed by atoms with van der Waals surface area (Å²) in [7, 11) is 2.82. The molecule has 0 radical (unpaired) electrons. The number of esters is 1. The lowest BCUT2D eigenvalue weighted by Gasteiger charge is -2.03. The number of hydrogen-bond acceptors (Lipinski definition) is 4. The fraction of sp³-hybridized carbons (Fsp3) is 0.250. The number of carbonyl (C=O) groups excluding carboxylic acids is 1. The first-order valence-corrected chi connectivity index (χ1v) is 4.55. The van der Waals surface area contributed by atoms with Gasteiger partial charge in [0.25, 0.3) is 0 Å². The Balaban J connectivity index is 3.06. The van der Waals surface area contributed by atoms with Crippen molar-refractivity contribution in [3.05, 3.63) is 21.4 Å². The zero-order chi connectivity index (χ0) is 9.84. The molecule has 0 amide bonds. The average Bonchev–Trinajstić information content (AvgIpc) is 2.17. The van der Waals surface area contributed by atoms with Crippen molar-refractivity contribution in [3.63, 3.8) is 0 Å². The van der Waals surface area contributed by atoms with E-state index >= 15 is 0 Å². The topological polar surface area (TPSA) is 48.4 Å². The Labute approximate surface area is 89.4 Å². The molecular formula is C8H8INO3. The van der Waals surface area contributed by atoms with E-state index in [0.29, 0.717) is 5.88 Å². The van der Waals surface area contributed by atoms with E-state index in [-0.39, 0.29) is 5.69 Å². The van der Waals surface area contributed by atoms with Crippen molar-refractivity contribution in [1.29, 1.82) is 0 Å². The molecule has 0 N–H and O–H groups in total. The summed E-state index contributed by atoms with van der Waals surface area (Å²) in [6, 6.07) is 3.34. The fourth-order valence-electron chi connectivity index (χ4n) is 0.785. The van der Waals surface area contributed by atoms with Crippen molar-refractivity contribution >= 4 is 28.6 Å². The van der Waals surface area contributed by atoms with Gasteiger partial charge in [-0.05, 0) is 34.7 Å². The highest BCUT2D eigenvalue weighted by molar-refractivity contribution is 14.1. The van der Waals surface area contributed by atoms with Gasteiger partial charge in [0, 0.05) is 0 Å². The van der Waals surface area contributed by atoms with Crippen LogP contribution in [0.2, 0.25) is 0 Å². The summed E-state index contributed by atoms with van der Waals surface area (Å²) in [5.74, 6) is -0.0294. The molecule has 0 saturated carbocycles. The van der Waals surface area contributed by atoms with Gasteiger partial charge in [-0.3, -0.25) is 0 Å².